The second-order valence-corrected chi connectivity index (χ2v) is 8.98. The Labute approximate surface area is 154 Å². The van der Waals surface area contributed by atoms with Crippen molar-refractivity contribution in [3.05, 3.63) is 29.8 Å². The van der Waals surface area contributed by atoms with Gasteiger partial charge in [0.05, 0.1) is 43.7 Å². The number of amides is 1. The number of quaternary nitrogens is 1. The minimum absolute atomic E-state index is 0.0503. The van der Waals surface area contributed by atoms with Crippen LogP contribution in [-0.2, 0) is 14.8 Å². The molecule has 2 fully saturated rings. The van der Waals surface area contributed by atoms with Crippen molar-refractivity contribution in [2.24, 2.45) is 5.92 Å². The van der Waals surface area contributed by atoms with E-state index in [0.29, 0.717) is 25.9 Å². The molecule has 1 amide bonds. The number of nitrogens with one attached hydrogen (secondary N) is 1. The Morgan fingerprint density at radius 1 is 1.15 bits per heavy atom. The molecule has 3 rings (SSSR count). The molecule has 2 saturated heterocycles. The standard InChI is InChI=1S/C18H24N4O3S/c1-20-10-12-21(13-11-20)18(23)15-6-8-22(9-7-15)26(24,25)17-5-3-2-4-16(17)14-19/h2-5,15H,6-13H2,1H3/p+1. The molecule has 1 N–H and O–H groups in total. The molecule has 0 aromatic heterocycles. The zero-order valence-corrected chi connectivity index (χ0v) is 15.8. The summed E-state index contributed by atoms with van der Waals surface area (Å²) < 4.78 is 27.1. The lowest BCUT2D eigenvalue weighted by Crippen LogP contribution is -3.12. The maximum atomic E-state index is 12.9. The normalized spacial score (nSPS) is 20.7. The van der Waals surface area contributed by atoms with Crippen molar-refractivity contribution >= 4 is 15.9 Å². The topological polar surface area (TPSA) is 85.9 Å². The number of benzene rings is 1. The van der Waals surface area contributed by atoms with Crippen LogP contribution in [0.15, 0.2) is 29.2 Å². The van der Waals surface area contributed by atoms with Crippen LogP contribution >= 0.6 is 0 Å². The van der Waals surface area contributed by atoms with E-state index < -0.39 is 10.0 Å². The Morgan fingerprint density at radius 2 is 1.77 bits per heavy atom. The number of rotatable bonds is 3. The summed E-state index contributed by atoms with van der Waals surface area (Å²) in [5.41, 5.74) is 0.158. The molecule has 2 aliphatic heterocycles. The molecule has 8 heteroatoms. The first-order valence-electron chi connectivity index (χ1n) is 9.03. The van der Waals surface area contributed by atoms with Gasteiger partial charge in [-0.1, -0.05) is 12.1 Å². The summed E-state index contributed by atoms with van der Waals surface area (Å²) in [5.74, 6) is 0.0537. The van der Waals surface area contributed by atoms with E-state index in [2.05, 4.69) is 7.05 Å². The molecular formula is C18H25N4O3S+. The molecule has 2 aliphatic rings. The fraction of sp³-hybridized carbons (Fsp3) is 0.556. The van der Waals surface area contributed by atoms with Crippen LogP contribution in [0.1, 0.15) is 18.4 Å². The van der Waals surface area contributed by atoms with Gasteiger partial charge in [0.2, 0.25) is 15.9 Å². The molecule has 0 spiro atoms. The number of nitrogens with zero attached hydrogens (tertiary/aromatic N) is 3. The molecule has 0 atom stereocenters. The summed E-state index contributed by atoms with van der Waals surface area (Å²) in [5, 5.41) is 9.17. The number of carbonyl (C=O) groups is 1. The van der Waals surface area contributed by atoms with E-state index >= 15 is 0 Å². The maximum Gasteiger partial charge on any atom is 0.244 e. The van der Waals surface area contributed by atoms with Gasteiger partial charge in [0, 0.05) is 19.0 Å². The lowest BCUT2D eigenvalue weighted by atomic mass is 9.96. The lowest BCUT2D eigenvalue weighted by molar-refractivity contribution is -0.883. The zero-order valence-electron chi connectivity index (χ0n) is 15.0. The van der Waals surface area contributed by atoms with Gasteiger partial charge in [0.25, 0.3) is 0 Å². The number of nitriles is 1. The van der Waals surface area contributed by atoms with E-state index in [4.69, 9.17) is 0 Å². The van der Waals surface area contributed by atoms with Crippen LogP contribution in [0.2, 0.25) is 0 Å². The van der Waals surface area contributed by atoms with Crippen molar-refractivity contribution in [1.82, 2.24) is 9.21 Å². The maximum absolute atomic E-state index is 12.9. The third kappa shape index (κ3) is 3.75. The van der Waals surface area contributed by atoms with Crippen LogP contribution in [0.3, 0.4) is 0 Å². The van der Waals surface area contributed by atoms with E-state index in [1.807, 2.05) is 11.0 Å². The predicted molar refractivity (Wildman–Crippen MR) is 95.8 cm³/mol. The summed E-state index contributed by atoms with van der Waals surface area (Å²) in [6.07, 6.45) is 1.07. The summed E-state index contributed by atoms with van der Waals surface area (Å²) in [6.45, 7) is 4.11. The second-order valence-electron chi connectivity index (χ2n) is 7.07. The van der Waals surface area contributed by atoms with E-state index in [-0.39, 0.29) is 22.3 Å². The van der Waals surface area contributed by atoms with E-state index in [1.165, 1.54) is 21.3 Å². The Morgan fingerprint density at radius 3 is 2.38 bits per heavy atom. The van der Waals surface area contributed by atoms with Crippen LogP contribution in [0.4, 0.5) is 0 Å². The van der Waals surface area contributed by atoms with Crippen LogP contribution < -0.4 is 4.90 Å². The van der Waals surface area contributed by atoms with E-state index in [0.717, 1.165) is 26.2 Å². The van der Waals surface area contributed by atoms with Gasteiger partial charge in [0.1, 0.15) is 6.07 Å². The summed E-state index contributed by atoms with van der Waals surface area (Å²) in [7, 11) is -1.57. The second kappa shape index (κ2) is 7.74. The van der Waals surface area contributed by atoms with Gasteiger partial charge >= 0.3 is 0 Å². The predicted octanol–water partition coefficient (Wildman–Crippen LogP) is -0.684. The van der Waals surface area contributed by atoms with Gasteiger partial charge in [-0.2, -0.15) is 9.57 Å². The highest BCUT2D eigenvalue weighted by Gasteiger charge is 2.35. The number of hydrogen-bond donors (Lipinski definition) is 1. The average molecular weight is 377 g/mol. The quantitative estimate of drug-likeness (QED) is 0.756. The molecular weight excluding hydrogens is 352 g/mol. The van der Waals surface area contributed by atoms with Gasteiger partial charge in [-0.25, -0.2) is 8.42 Å². The Hall–Kier alpha value is -1.95. The molecule has 140 valence electrons. The SMILES string of the molecule is C[NH+]1CCN(C(=O)C2CCN(S(=O)(=O)c3ccccc3C#N)CC2)CC1. The summed E-state index contributed by atoms with van der Waals surface area (Å²) in [4.78, 5) is 16.1. The highest BCUT2D eigenvalue weighted by atomic mass is 32.2. The van der Waals surface area contributed by atoms with Crippen molar-refractivity contribution in [1.29, 1.82) is 5.26 Å². The van der Waals surface area contributed by atoms with E-state index in [9.17, 15) is 18.5 Å². The molecule has 0 saturated carbocycles. The van der Waals surface area contributed by atoms with Crippen LogP contribution in [0.5, 0.6) is 0 Å². The van der Waals surface area contributed by atoms with Crippen LogP contribution in [-0.4, -0.2) is 69.8 Å². The number of likely N-dealkylation sites (N-methyl/N-ethyl adjacent to an activating group) is 1. The Kier molecular flexibility index (Phi) is 5.61. The monoisotopic (exact) mass is 377 g/mol. The first-order valence-corrected chi connectivity index (χ1v) is 10.5. The van der Waals surface area contributed by atoms with Crippen molar-refractivity contribution in [2.45, 2.75) is 17.7 Å². The molecule has 7 nitrogen and oxygen atoms in total. The molecule has 0 aliphatic carbocycles. The number of sulfonamides is 1. The first kappa shape index (κ1) is 18.8. The van der Waals surface area contributed by atoms with Gasteiger partial charge < -0.3 is 9.80 Å². The van der Waals surface area contributed by atoms with Crippen molar-refractivity contribution in [3.8, 4) is 6.07 Å². The smallest absolute Gasteiger partial charge is 0.244 e. The number of piperazine rings is 1. The van der Waals surface area contributed by atoms with Gasteiger partial charge in [-0.15, -0.1) is 0 Å². The highest BCUT2D eigenvalue weighted by molar-refractivity contribution is 7.89. The molecule has 2 heterocycles. The largest absolute Gasteiger partial charge is 0.334 e. The fourth-order valence-electron chi connectivity index (χ4n) is 3.63. The Bertz CT molecular complexity index is 802. The van der Waals surface area contributed by atoms with Crippen molar-refractivity contribution in [2.75, 3.05) is 46.3 Å². The lowest BCUT2D eigenvalue weighted by Gasteiger charge is -2.36. The molecule has 26 heavy (non-hydrogen) atoms. The Balaban J connectivity index is 1.65. The third-order valence-corrected chi connectivity index (χ3v) is 7.31. The fourth-order valence-corrected chi connectivity index (χ4v) is 5.24. The minimum Gasteiger partial charge on any atom is -0.334 e. The van der Waals surface area contributed by atoms with Gasteiger partial charge in [-0.3, -0.25) is 4.79 Å². The van der Waals surface area contributed by atoms with Crippen LogP contribution in [0.25, 0.3) is 0 Å². The van der Waals surface area contributed by atoms with Crippen molar-refractivity contribution in [3.63, 3.8) is 0 Å². The summed E-state index contributed by atoms with van der Waals surface area (Å²) >= 11 is 0. The zero-order chi connectivity index (χ0) is 18.7. The van der Waals surface area contributed by atoms with Crippen LogP contribution in [0, 0.1) is 17.2 Å². The minimum atomic E-state index is -3.70. The van der Waals surface area contributed by atoms with E-state index in [1.54, 1.807) is 12.1 Å². The molecule has 0 unspecified atom stereocenters. The molecule has 0 radical (unpaired) electrons. The number of hydrogen-bond acceptors (Lipinski definition) is 4. The third-order valence-electron chi connectivity index (χ3n) is 5.36. The number of piperidine rings is 1. The highest BCUT2D eigenvalue weighted by Crippen LogP contribution is 2.26. The first-order chi connectivity index (χ1) is 12.4. The van der Waals surface area contributed by atoms with Crippen molar-refractivity contribution < 1.29 is 18.1 Å². The number of carbonyl (C=O) groups excluding carboxylic acids is 1. The molecule has 1 aromatic rings. The van der Waals surface area contributed by atoms with Gasteiger partial charge in [-0.05, 0) is 25.0 Å². The summed E-state index contributed by atoms with van der Waals surface area (Å²) in [6, 6.07) is 8.21. The molecule has 0 bridgehead atoms. The average Bonchev–Trinajstić information content (AvgIpc) is 2.68. The van der Waals surface area contributed by atoms with Gasteiger partial charge in [0.15, 0.2) is 0 Å². The molecule has 1 aromatic carbocycles.